The summed E-state index contributed by atoms with van der Waals surface area (Å²) >= 11 is 6.13. The second-order valence-corrected chi connectivity index (χ2v) is 7.37. The van der Waals surface area contributed by atoms with Crippen molar-refractivity contribution in [1.82, 2.24) is 5.32 Å². The van der Waals surface area contributed by atoms with E-state index in [4.69, 9.17) is 16.3 Å². The maximum atomic E-state index is 13.1. The molecule has 1 heterocycles. The predicted molar refractivity (Wildman–Crippen MR) is 119 cm³/mol. The second-order valence-electron chi connectivity index (χ2n) is 6.93. The second kappa shape index (κ2) is 8.95. The van der Waals surface area contributed by atoms with Gasteiger partial charge in [-0.25, -0.2) is 9.69 Å². The van der Waals surface area contributed by atoms with Gasteiger partial charge in [-0.3, -0.25) is 14.9 Å². The van der Waals surface area contributed by atoms with Crippen LogP contribution in [0.3, 0.4) is 0 Å². The lowest BCUT2D eigenvalue weighted by atomic mass is 10.1. The topological polar surface area (TPSA) is 95.9 Å². The highest BCUT2D eigenvalue weighted by Crippen LogP contribution is 2.29. The molecule has 2 N–H and O–H groups in total. The number of phenols is 1. The average molecular weight is 449 g/mol. The zero-order valence-electron chi connectivity index (χ0n) is 16.6. The highest BCUT2D eigenvalue weighted by Gasteiger charge is 2.37. The van der Waals surface area contributed by atoms with Gasteiger partial charge in [0.1, 0.15) is 23.7 Å². The summed E-state index contributed by atoms with van der Waals surface area (Å²) in [5, 5.41) is 12.0. The smallest absolute Gasteiger partial charge is 0.335 e. The van der Waals surface area contributed by atoms with Gasteiger partial charge in [0.15, 0.2) is 0 Å². The van der Waals surface area contributed by atoms with Gasteiger partial charge in [-0.1, -0.05) is 41.9 Å². The molecular formula is C24H17ClN2O5. The lowest BCUT2D eigenvalue weighted by molar-refractivity contribution is -0.122. The van der Waals surface area contributed by atoms with E-state index in [1.165, 1.54) is 30.3 Å². The van der Waals surface area contributed by atoms with Crippen molar-refractivity contribution in [1.29, 1.82) is 0 Å². The third-order valence-corrected chi connectivity index (χ3v) is 4.95. The molecule has 0 bridgehead atoms. The summed E-state index contributed by atoms with van der Waals surface area (Å²) < 4.78 is 5.88. The van der Waals surface area contributed by atoms with E-state index in [0.29, 0.717) is 16.3 Å². The van der Waals surface area contributed by atoms with E-state index in [1.807, 2.05) is 30.3 Å². The van der Waals surface area contributed by atoms with Crippen molar-refractivity contribution < 1.29 is 24.2 Å². The molecule has 3 aromatic carbocycles. The van der Waals surface area contributed by atoms with E-state index < -0.39 is 17.8 Å². The highest BCUT2D eigenvalue weighted by molar-refractivity contribution is 6.39. The monoisotopic (exact) mass is 448 g/mol. The first-order valence-electron chi connectivity index (χ1n) is 9.59. The van der Waals surface area contributed by atoms with Gasteiger partial charge < -0.3 is 9.84 Å². The maximum absolute atomic E-state index is 13.1. The van der Waals surface area contributed by atoms with E-state index in [2.05, 4.69) is 5.32 Å². The van der Waals surface area contributed by atoms with Crippen LogP contribution in [0.1, 0.15) is 11.1 Å². The van der Waals surface area contributed by atoms with Crippen molar-refractivity contribution in [2.75, 3.05) is 4.90 Å². The van der Waals surface area contributed by atoms with Crippen LogP contribution in [0.15, 0.2) is 78.4 Å². The first-order chi connectivity index (χ1) is 15.4. The van der Waals surface area contributed by atoms with Crippen molar-refractivity contribution in [2.24, 2.45) is 0 Å². The number of carbonyl (C=O) groups is 3. The van der Waals surface area contributed by atoms with Crippen LogP contribution in [0.25, 0.3) is 6.08 Å². The number of barbiturate groups is 1. The lowest BCUT2D eigenvalue weighted by Crippen LogP contribution is -2.54. The Kier molecular flexibility index (Phi) is 5.91. The molecule has 0 aliphatic carbocycles. The van der Waals surface area contributed by atoms with Gasteiger partial charge in [0.2, 0.25) is 0 Å². The largest absolute Gasteiger partial charge is 0.508 e. The van der Waals surface area contributed by atoms with Crippen molar-refractivity contribution in [2.45, 2.75) is 6.61 Å². The van der Waals surface area contributed by atoms with Crippen LogP contribution in [0.5, 0.6) is 11.5 Å². The van der Waals surface area contributed by atoms with Crippen LogP contribution in [0.2, 0.25) is 5.02 Å². The summed E-state index contributed by atoms with van der Waals surface area (Å²) in [7, 11) is 0. The fourth-order valence-corrected chi connectivity index (χ4v) is 3.33. The Bertz CT molecular complexity index is 1220. The number of ether oxygens (including phenoxy) is 1. The number of hydrogen-bond acceptors (Lipinski definition) is 5. The Morgan fingerprint density at radius 2 is 1.69 bits per heavy atom. The van der Waals surface area contributed by atoms with E-state index in [0.717, 1.165) is 10.5 Å². The molecule has 32 heavy (non-hydrogen) atoms. The number of halogens is 1. The molecule has 0 saturated carbocycles. The van der Waals surface area contributed by atoms with Gasteiger partial charge >= 0.3 is 6.03 Å². The molecule has 1 aliphatic rings. The Hall–Kier alpha value is -4.10. The molecule has 0 spiro atoms. The van der Waals surface area contributed by atoms with Crippen molar-refractivity contribution in [3.05, 3.63) is 94.5 Å². The Morgan fingerprint density at radius 3 is 2.41 bits per heavy atom. The fraction of sp³-hybridized carbons (Fsp3) is 0.0417. The molecule has 0 radical (unpaired) electrons. The standard InChI is InChI=1S/C24H17ClN2O5/c25-17-6-11-21(32-14-15-4-2-1-3-5-15)16(12-17)13-20-22(29)26-24(31)27(23(20)30)18-7-9-19(28)10-8-18/h1-13,28H,14H2,(H,26,29,31)/b20-13+. The number of nitrogens with zero attached hydrogens (tertiary/aromatic N) is 1. The zero-order valence-corrected chi connectivity index (χ0v) is 17.4. The molecule has 0 aromatic heterocycles. The van der Waals surface area contributed by atoms with Gasteiger partial charge in [0.25, 0.3) is 11.8 Å². The number of phenolic OH excluding ortho intramolecular Hbond substituents is 1. The van der Waals surface area contributed by atoms with Gasteiger partial charge in [0.05, 0.1) is 5.69 Å². The quantitative estimate of drug-likeness (QED) is 0.448. The minimum Gasteiger partial charge on any atom is -0.508 e. The molecule has 1 aliphatic heterocycles. The molecule has 1 fully saturated rings. The normalized spacial score (nSPS) is 15.1. The Morgan fingerprint density at radius 1 is 0.969 bits per heavy atom. The van der Waals surface area contributed by atoms with Gasteiger partial charge in [-0.15, -0.1) is 0 Å². The van der Waals surface area contributed by atoms with Gasteiger partial charge in [-0.05, 0) is 54.1 Å². The van der Waals surface area contributed by atoms with Crippen molar-refractivity contribution in [3.63, 3.8) is 0 Å². The number of rotatable bonds is 5. The van der Waals surface area contributed by atoms with E-state index >= 15 is 0 Å². The van der Waals surface area contributed by atoms with Crippen LogP contribution in [0, 0.1) is 0 Å². The number of carbonyl (C=O) groups excluding carboxylic acids is 3. The first-order valence-corrected chi connectivity index (χ1v) is 9.97. The summed E-state index contributed by atoms with van der Waals surface area (Å²) in [6, 6.07) is 18.9. The molecule has 8 heteroatoms. The summed E-state index contributed by atoms with van der Waals surface area (Å²) in [6.45, 7) is 0.275. The minimum atomic E-state index is -0.880. The molecular weight excluding hydrogens is 432 g/mol. The summed E-state index contributed by atoms with van der Waals surface area (Å²) in [5.41, 5.74) is 1.29. The van der Waals surface area contributed by atoms with Crippen LogP contribution in [-0.2, 0) is 16.2 Å². The van der Waals surface area contributed by atoms with E-state index in [9.17, 15) is 19.5 Å². The van der Waals surface area contributed by atoms with Crippen LogP contribution in [0.4, 0.5) is 10.5 Å². The number of benzene rings is 3. The molecule has 4 rings (SSSR count). The number of amides is 4. The zero-order chi connectivity index (χ0) is 22.7. The number of urea groups is 1. The van der Waals surface area contributed by atoms with Crippen molar-refractivity contribution >= 4 is 41.2 Å². The Labute approximate surface area is 188 Å². The number of anilines is 1. The molecule has 0 unspecified atom stereocenters. The number of aromatic hydroxyl groups is 1. The third-order valence-electron chi connectivity index (χ3n) is 4.72. The van der Waals surface area contributed by atoms with E-state index in [1.54, 1.807) is 18.2 Å². The summed E-state index contributed by atoms with van der Waals surface area (Å²) in [5.74, 6) is -1.24. The molecule has 0 atom stereocenters. The summed E-state index contributed by atoms with van der Waals surface area (Å²) in [6.07, 6.45) is 1.34. The average Bonchev–Trinajstić information content (AvgIpc) is 2.78. The summed E-state index contributed by atoms with van der Waals surface area (Å²) in [4.78, 5) is 38.7. The first kappa shape index (κ1) is 21.1. The van der Waals surface area contributed by atoms with Gasteiger partial charge in [0, 0.05) is 10.6 Å². The molecule has 3 aromatic rings. The number of nitrogens with one attached hydrogen (secondary N) is 1. The lowest BCUT2D eigenvalue weighted by Gasteiger charge is -2.26. The van der Waals surface area contributed by atoms with Crippen LogP contribution < -0.4 is 15.0 Å². The molecule has 160 valence electrons. The van der Waals surface area contributed by atoms with Crippen LogP contribution in [-0.4, -0.2) is 23.0 Å². The van der Waals surface area contributed by atoms with Gasteiger partial charge in [-0.2, -0.15) is 0 Å². The SMILES string of the molecule is O=C1NC(=O)N(c2ccc(O)cc2)C(=O)/C1=C/c1cc(Cl)ccc1OCc1ccccc1. The van der Waals surface area contributed by atoms with Crippen molar-refractivity contribution in [3.8, 4) is 11.5 Å². The molecule has 1 saturated heterocycles. The molecule has 7 nitrogen and oxygen atoms in total. The predicted octanol–water partition coefficient (Wildman–Crippen LogP) is 4.29. The Balaban J connectivity index is 1.67. The number of hydrogen-bond donors (Lipinski definition) is 2. The number of imide groups is 2. The minimum absolute atomic E-state index is 0.0235. The fourth-order valence-electron chi connectivity index (χ4n) is 3.15. The third kappa shape index (κ3) is 4.48. The van der Waals surface area contributed by atoms with Crippen LogP contribution >= 0.6 is 11.6 Å². The highest BCUT2D eigenvalue weighted by atomic mass is 35.5. The van der Waals surface area contributed by atoms with E-state index in [-0.39, 0.29) is 23.6 Å². The molecule has 4 amide bonds. The maximum Gasteiger partial charge on any atom is 0.335 e.